The van der Waals surface area contributed by atoms with Crippen LogP contribution in [0.4, 0.5) is 11.4 Å². The first-order valence-electron chi connectivity index (χ1n) is 13.3. The number of hydrogen-bond donors (Lipinski definition) is 2. The van der Waals surface area contributed by atoms with Crippen LogP contribution in [0.5, 0.6) is 11.5 Å². The summed E-state index contributed by atoms with van der Waals surface area (Å²) in [6.45, 7) is 3.74. The average molecular weight is 565 g/mol. The number of anilines is 2. The molecule has 2 N–H and O–H groups in total. The molecular weight excluding hydrogens is 532 g/mol. The molecule has 8 nitrogen and oxygen atoms in total. The number of ketones is 2. The Morgan fingerprint density at radius 2 is 0.810 bits per heavy atom. The van der Waals surface area contributed by atoms with Crippen LogP contribution < -0.4 is 20.1 Å². The van der Waals surface area contributed by atoms with Crippen molar-refractivity contribution in [3.05, 3.63) is 119 Å². The molecule has 0 aliphatic rings. The molecule has 4 aromatic rings. The molecule has 4 rings (SSSR count). The van der Waals surface area contributed by atoms with Gasteiger partial charge in [0.15, 0.2) is 11.6 Å². The Hall–Kier alpha value is -5.24. The van der Waals surface area contributed by atoms with Gasteiger partial charge in [-0.3, -0.25) is 19.2 Å². The number of nitrogens with one attached hydrogen (secondary N) is 2. The monoisotopic (exact) mass is 564 g/mol. The first-order valence-corrected chi connectivity index (χ1v) is 13.3. The SMILES string of the molecule is COc1ccc(NC(=O)C(C(=O)c2ccc(C)cc2)C(C(=O)Nc2ccc(OC)cc2)C(=O)c2ccc(C)cc2)cc1. The number of hydrogen-bond acceptors (Lipinski definition) is 6. The Morgan fingerprint density at radius 3 is 1.10 bits per heavy atom. The second-order valence-electron chi connectivity index (χ2n) is 9.85. The summed E-state index contributed by atoms with van der Waals surface area (Å²) in [6.07, 6.45) is 0. The third-order valence-electron chi connectivity index (χ3n) is 6.85. The van der Waals surface area contributed by atoms with E-state index in [1.165, 1.54) is 14.2 Å². The Bertz CT molecular complexity index is 1440. The van der Waals surface area contributed by atoms with Crippen molar-refractivity contribution < 1.29 is 28.7 Å². The Kier molecular flexibility index (Phi) is 9.50. The van der Waals surface area contributed by atoms with Gasteiger partial charge >= 0.3 is 0 Å². The molecule has 2 unspecified atom stereocenters. The Morgan fingerprint density at radius 1 is 0.500 bits per heavy atom. The molecule has 0 aliphatic carbocycles. The molecule has 0 aromatic heterocycles. The van der Waals surface area contributed by atoms with Gasteiger partial charge in [0.25, 0.3) is 0 Å². The van der Waals surface area contributed by atoms with Gasteiger partial charge in [-0.15, -0.1) is 0 Å². The van der Waals surface area contributed by atoms with E-state index in [1.807, 2.05) is 13.8 Å². The Labute approximate surface area is 244 Å². The minimum atomic E-state index is -1.68. The van der Waals surface area contributed by atoms with E-state index < -0.39 is 35.2 Å². The molecule has 0 bridgehead atoms. The molecule has 2 amide bonds. The van der Waals surface area contributed by atoms with E-state index in [9.17, 15) is 19.2 Å². The van der Waals surface area contributed by atoms with Crippen LogP contribution in [0.15, 0.2) is 97.1 Å². The molecule has 0 saturated heterocycles. The number of rotatable bonds is 11. The lowest BCUT2D eigenvalue weighted by Gasteiger charge is -2.24. The lowest BCUT2D eigenvalue weighted by atomic mass is 9.79. The standard InChI is InChI=1S/C34H32N2O6/c1-21-5-9-23(10-6-21)31(37)29(33(39)35-25-13-17-27(41-3)18-14-25)30(32(38)24-11-7-22(2)8-12-24)34(40)36-26-15-19-28(42-4)20-16-26/h5-20,29-30H,1-4H3,(H,35,39)(H,36,40). The van der Waals surface area contributed by atoms with E-state index in [0.29, 0.717) is 22.9 Å². The molecule has 0 heterocycles. The molecule has 0 aliphatic heterocycles. The number of ether oxygens (including phenoxy) is 2. The number of benzene rings is 4. The van der Waals surface area contributed by atoms with E-state index in [-0.39, 0.29) is 11.1 Å². The average Bonchev–Trinajstić information content (AvgIpc) is 3.00. The first kappa shape index (κ1) is 29.7. The van der Waals surface area contributed by atoms with Gasteiger partial charge in [-0.2, -0.15) is 0 Å². The summed E-state index contributed by atoms with van der Waals surface area (Å²) in [5.41, 5.74) is 2.98. The number of amides is 2. The fraction of sp³-hybridized carbons (Fsp3) is 0.176. The highest BCUT2D eigenvalue weighted by Gasteiger charge is 2.44. The number of Topliss-reactive ketones (excluding diaryl/α,β-unsaturated/α-hetero) is 2. The van der Waals surface area contributed by atoms with Crippen LogP contribution >= 0.6 is 0 Å². The molecule has 0 radical (unpaired) electrons. The van der Waals surface area contributed by atoms with Gasteiger partial charge in [0.05, 0.1) is 14.2 Å². The molecule has 4 aromatic carbocycles. The van der Waals surface area contributed by atoms with Crippen molar-refractivity contribution in [2.45, 2.75) is 13.8 Å². The maximum atomic E-state index is 14.0. The zero-order valence-electron chi connectivity index (χ0n) is 23.8. The highest BCUT2D eigenvalue weighted by Crippen LogP contribution is 2.28. The van der Waals surface area contributed by atoms with Gasteiger partial charge in [0.1, 0.15) is 23.3 Å². The van der Waals surface area contributed by atoms with Crippen molar-refractivity contribution in [3.63, 3.8) is 0 Å². The van der Waals surface area contributed by atoms with Crippen molar-refractivity contribution >= 4 is 34.8 Å². The van der Waals surface area contributed by atoms with Gasteiger partial charge in [0, 0.05) is 22.5 Å². The van der Waals surface area contributed by atoms with E-state index in [4.69, 9.17) is 9.47 Å². The van der Waals surface area contributed by atoms with Gasteiger partial charge in [-0.05, 0) is 62.4 Å². The minimum absolute atomic E-state index is 0.203. The van der Waals surface area contributed by atoms with Crippen LogP contribution in [0.3, 0.4) is 0 Å². The van der Waals surface area contributed by atoms with Crippen LogP contribution in [0, 0.1) is 25.7 Å². The van der Waals surface area contributed by atoms with Crippen LogP contribution in [-0.4, -0.2) is 37.6 Å². The molecule has 0 spiro atoms. The van der Waals surface area contributed by atoms with E-state index >= 15 is 0 Å². The summed E-state index contributed by atoms with van der Waals surface area (Å²) in [5.74, 6) is -5.10. The molecule has 214 valence electrons. The smallest absolute Gasteiger partial charge is 0.236 e. The third-order valence-corrected chi connectivity index (χ3v) is 6.85. The van der Waals surface area contributed by atoms with Crippen molar-refractivity contribution in [2.75, 3.05) is 24.9 Å². The predicted octanol–water partition coefficient (Wildman–Crippen LogP) is 5.90. The lowest BCUT2D eigenvalue weighted by molar-refractivity contribution is -0.126. The second-order valence-corrected chi connectivity index (χ2v) is 9.85. The normalized spacial score (nSPS) is 12.0. The first-order chi connectivity index (χ1) is 20.2. The number of methoxy groups -OCH3 is 2. The van der Waals surface area contributed by atoms with Gasteiger partial charge in [-0.25, -0.2) is 0 Å². The van der Waals surface area contributed by atoms with E-state index in [0.717, 1.165) is 11.1 Å². The molecule has 2 atom stereocenters. The minimum Gasteiger partial charge on any atom is -0.497 e. The maximum absolute atomic E-state index is 14.0. The van der Waals surface area contributed by atoms with E-state index in [2.05, 4.69) is 10.6 Å². The summed E-state index contributed by atoms with van der Waals surface area (Å²) in [5, 5.41) is 5.44. The summed E-state index contributed by atoms with van der Waals surface area (Å²) < 4.78 is 10.4. The zero-order valence-corrected chi connectivity index (χ0v) is 23.8. The van der Waals surface area contributed by atoms with Crippen LogP contribution in [0.25, 0.3) is 0 Å². The molecule has 0 fully saturated rings. The largest absolute Gasteiger partial charge is 0.497 e. The zero-order chi connectivity index (χ0) is 30.2. The van der Waals surface area contributed by atoms with Crippen molar-refractivity contribution in [3.8, 4) is 11.5 Å². The Balaban J connectivity index is 1.79. The van der Waals surface area contributed by atoms with Crippen LogP contribution in [-0.2, 0) is 9.59 Å². The lowest BCUT2D eigenvalue weighted by Crippen LogP contribution is -2.45. The third kappa shape index (κ3) is 7.09. The van der Waals surface area contributed by atoms with E-state index in [1.54, 1.807) is 97.1 Å². The summed E-state index contributed by atoms with van der Waals surface area (Å²) in [7, 11) is 3.04. The topological polar surface area (TPSA) is 111 Å². The fourth-order valence-electron chi connectivity index (χ4n) is 4.43. The van der Waals surface area contributed by atoms with Crippen LogP contribution in [0.1, 0.15) is 31.8 Å². The molecule has 8 heteroatoms. The van der Waals surface area contributed by atoms with Gasteiger partial charge in [-0.1, -0.05) is 59.7 Å². The number of aryl methyl sites for hydroxylation is 2. The maximum Gasteiger partial charge on any atom is 0.236 e. The quantitative estimate of drug-likeness (QED) is 0.173. The van der Waals surface area contributed by atoms with Crippen molar-refractivity contribution in [1.29, 1.82) is 0 Å². The van der Waals surface area contributed by atoms with Crippen LogP contribution in [0.2, 0.25) is 0 Å². The highest BCUT2D eigenvalue weighted by atomic mass is 16.5. The number of carbonyl (C=O) groups excluding carboxylic acids is 4. The van der Waals surface area contributed by atoms with Crippen molar-refractivity contribution in [2.24, 2.45) is 11.8 Å². The van der Waals surface area contributed by atoms with Gasteiger partial charge in [0.2, 0.25) is 11.8 Å². The number of carbonyl (C=O) groups is 4. The molecular formula is C34H32N2O6. The van der Waals surface area contributed by atoms with Gasteiger partial charge < -0.3 is 20.1 Å². The summed E-state index contributed by atoms with van der Waals surface area (Å²) in [6, 6.07) is 26.3. The summed E-state index contributed by atoms with van der Waals surface area (Å²) in [4.78, 5) is 55.9. The second kappa shape index (κ2) is 13.4. The van der Waals surface area contributed by atoms with Crippen molar-refractivity contribution in [1.82, 2.24) is 0 Å². The predicted molar refractivity (Wildman–Crippen MR) is 161 cm³/mol. The fourth-order valence-corrected chi connectivity index (χ4v) is 4.43. The highest BCUT2D eigenvalue weighted by molar-refractivity contribution is 6.24. The summed E-state index contributed by atoms with van der Waals surface area (Å²) >= 11 is 0. The molecule has 0 saturated carbocycles. The molecule has 42 heavy (non-hydrogen) atoms.